The molecule has 0 aromatic carbocycles. The van der Waals surface area contributed by atoms with Crippen LogP contribution in [0.1, 0.15) is 45.4 Å². The third-order valence-corrected chi connectivity index (χ3v) is 5.81. The molecule has 3 unspecified atom stereocenters. The minimum Gasteiger partial charge on any atom is -0.353 e. The number of fused-ring (bicyclic) bond motifs is 1. The van der Waals surface area contributed by atoms with Gasteiger partial charge in [-0.25, -0.2) is 0 Å². The number of carbonyl (C=O) groups excluding carboxylic acids is 1. The van der Waals surface area contributed by atoms with E-state index in [1.54, 1.807) is 11.8 Å². The molecule has 4 nitrogen and oxygen atoms in total. The van der Waals surface area contributed by atoms with E-state index >= 15 is 0 Å². The number of piperidine rings is 1. The quantitative estimate of drug-likeness (QED) is 0.850. The number of hydrogen-bond donors (Lipinski definition) is 1. The van der Waals surface area contributed by atoms with E-state index < -0.39 is 0 Å². The summed E-state index contributed by atoms with van der Waals surface area (Å²) < 4.78 is 0. The van der Waals surface area contributed by atoms with Gasteiger partial charge in [0.05, 0.1) is 6.04 Å². The topological polar surface area (TPSA) is 44.7 Å². The number of thioether (sulfide) groups is 1. The molecule has 3 aliphatic rings. The van der Waals surface area contributed by atoms with Crippen molar-refractivity contribution in [1.29, 1.82) is 0 Å². The van der Waals surface area contributed by atoms with E-state index in [4.69, 9.17) is 4.99 Å². The highest BCUT2D eigenvalue weighted by Gasteiger charge is 2.32. The number of hydrogen-bond acceptors (Lipinski definition) is 4. The zero-order valence-electron chi connectivity index (χ0n) is 12.3. The number of rotatable bonds is 2. The lowest BCUT2D eigenvalue weighted by Crippen LogP contribution is -2.48. The molecule has 0 aromatic heterocycles. The van der Waals surface area contributed by atoms with Crippen molar-refractivity contribution in [3.05, 3.63) is 0 Å². The number of amides is 1. The molecule has 3 atom stereocenters. The Bertz CT molecular complexity index is 393. The number of nitrogens with zero attached hydrogens (tertiary/aromatic N) is 2. The second kappa shape index (κ2) is 6.37. The molecule has 20 heavy (non-hydrogen) atoms. The maximum absolute atomic E-state index is 12.4. The third kappa shape index (κ3) is 3.13. The monoisotopic (exact) mass is 295 g/mol. The molecule has 5 heteroatoms. The Kier molecular flexibility index (Phi) is 4.54. The van der Waals surface area contributed by atoms with Crippen molar-refractivity contribution in [2.45, 2.75) is 57.5 Å². The lowest BCUT2D eigenvalue weighted by Gasteiger charge is -2.31. The summed E-state index contributed by atoms with van der Waals surface area (Å²) in [5.41, 5.74) is 0. The number of carbonyl (C=O) groups is 1. The van der Waals surface area contributed by atoms with Crippen LogP contribution in [0.3, 0.4) is 0 Å². The summed E-state index contributed by atoms with van der Waals surface area (Å²) in [5, 5.41) is 4.34. The summed E-state index contributed by atoms with van der Waals surface area (Å²) in [6.45, 7) is 3.82. The first-order chi connectivity index (χ1) is 9.74. The predicted molar refractivity (Wildman–Crippen MR) is 84.1 cm³/mol. The average molecular weight is 295 g/mol. The zero-order valence-corrected chi connectivity index (χ0v) is 13.1. The van der Waals surface area contributed by atoms with E-state index in [9.17, 15) is 4.79 Å². The highest BCUT2D eigenvalue weighted by Crippen LogP contribution is 2.35. The zero-order chi connectivity index (χ0) is 13.9. The van der Waals surface area contributed by atoms with Crippen LogP contribution in [0.15, 0.2) is 4.99 Å². The van der Waals surface area contributed by atoms with Gasteiger partial charge in [0.25, 0.3) is 0 Å². The largest absolute Gasteiger partial charge is 0.353 e. The molecule has 3 rings (SSSR count). The molecule has 2 aliphatic heterocycles. The predicted octanol–water partition coefficient (Wildman–Crippen LogP) is 2.25. The standard InChI is InChI=1S/C15H25N3OS/c1-11(14(19)18-8-3-2-4-9-18)16-15-17-13-7-5-6-12(13)10-20-15/h11-13H,2-10H2,1H3,(H,16,17). The van der Waals surface area contributed by atoms with E-state index in [1.807, 2.05) is 11.8 Å². The first kappa shape index (κ1) is 14.2. The fourth-order valence-corrected chi connectivity index (χ4v) is 4.70. The Morgan fingerprint density at radius 2 is 2.10 bits per heavy atom. The average Bonchev–Trinajstić information content (AvgIpc) is 2.95. The van der Waals surface area contributed by atoms with Gasteiger partial charge in [-0.3, -0.25) is 9.79 Å². The fraction of sp³-hybridized carbons (Fsp3) is 0.867. The molecule has 1 amide bonds. The van der Waals surface area contributed by atoms with Crippen LogP contribution in [0.25, 0.3) is 0 Å². The summed E-state index contributed by atoms with van der Waals surface area (Å²) in [6.07, 6.45) is 7.43. The van der Waals surface area contributed by atoms with Crippen molar-refractivity contribution < 1.29 is 4.79 Å². The normalized spacial score (nSPS) is 31.4. The third-order valence-electron chi connectivity index (χ3n) is 4.71. The van der Waals surface area contributed by atoms with E-state index in [2.05, 4.69) is 5.32 Å². The number of likely N-dealkylation sites (tertiary alicyclic amines) is 1. The second-order valence-corrected chi connectivity index (χ2v) is 7.26. The van der Waals surface area contributed by atoms with E-state index in [0.29, 0.717) is 6.04 Å². The molecule has 2 fully saturated rings. The van der Waals surface area contributed by atoms with Crippen molar-refractivity contribution in [2.24, 2.45) is 10.9 Å². The molecule has 0 aromatic rings. The molecular weight excluding hydrogens is 270 g/mol. The van der Waals surface area contributed by atoms with Crippen LogP contribution < -0.4 is 5.32 Å². The Labute approximate surface area is 125 Å². The molecule has 112 valence electrons. The van der Waals surface area contributed by atoms with Gasteiger partial charge in [0.2, 0.25) is 5.91 Å². The number of nitrogens with one attached hydrogen (secondary N) is 1. The van der Waals surface area contributed by atoms with Crippen LogP contribution >= 0.6 is 11.8 Å². The van der Waals surface area contributed by atoms with Gasteiger partial charge in [0, 0.05) is 18.8 Å². The van der Waals surface area contributed by atoms with Gasteiger partial charge in [-0.15, -0.1) is 0 Å². The molecule has 0 bridgehead atoms. The maximum atomic E-state index is 12.4. The maximum Gasteiger partial charge on any atom is 0.244 e. The van der Waals surface area contributed by atoms with Crippen molar-refractivity contribution in [3.63, 3.8) is 0 Å². The molecule has 1 saturated carbocycles. The molecule has 2 heterocycles. The van der Waals surface area contributed by atoms with Gasteiger partial charge in [-0.05, 0) is 44.9 Å². The molecule has 1 saturated heterocycles. The summed E-state index contributed by atoms with van der Waals surface area (Å²) in [7, 11) is 0. The number of amidine groups is 1. The smallest absolute Gasteiger partial charge is 0.244 e. The van der Waals surface area contributed by atoms with Gasteiger partial charge in [0.15, 0.2) is 5.17 Å². The summed E-state index contributed by atoms with van der Waals surface area (Å²) in [4.78, 5) is 19.2. The number of aliphatic imine (C=N–C) groups is 1. The van der Waals surface area contributed by atoms with Gasteiger partial charge in [-0.2, -0.15) is 0 Å². The lowest BCUT2D eigenvalue weighted by atomic mass is 10.1. The van der Waals surface area contributed by atoms with Crippen molar-refractivity contribution in [1.82, 2.24) is 10.2 Å². The molecule has 1 aliphatic carbocycles. The molecule has 1 N–H and O–H groups in total. The van der Waals surface area contributed by atoms with Crippen LogP contribution in [-0.2, 0) is 4.79 Å². The first-order valence-corrected chi connectivity index (χ1v) is 8.98. The van der Waals surface area contributed by atoms with Gasteiger partial charge in [-0.1, -0.05) is 18.2 Å². The molecular formula is C15H25N3OS. The SMILES string of the molecule is CC(NC1=NC2CCCC2CS1)C(=O)N1CCCCC1. The summed E-state index contributed by atoms with van der Waals surface area (Å²) >= 11 is 1.80. The van der Waals surface area contributed by atoms with Crippen molar-refractivity contribution >= 4 is 22.8 Å². The summed E-state index contributed by atoms with van der Waals surface area (Å²) in [5.74, 6) is 2.18. The Balaban J connectivity index is 1.55. The van der Waals surface area contributed by atoms with Crippen LogP contribution in [0.4, 0.5) is 0 Å². The van der Waals surface area contributed by atoms with Crippen molar-refractivity contribution in [2.75, 3.05) is 18.8 Å². The van der Waals surface area contributed by atoms with Gasteiger partial charge in [0.1, 0.15) is 6.04 Å². The van der Waals surface area contributed by atoms with E-state index in [-0.39, 0.29) is 11.9 Å². The Hall–Kier alpha value is -0.710. The lowest BCUT2D eigenvalue weighted by molar-refractivity contribution is -0.133. The van der Waals surface area contributed by atoms with Crippen LogP contribution in [0.5, 0.6) is 0 Å². The van der Waals surface area contributed by atoms with Gasteiger partial charge < -0.3 is 10.2 Å². The first-order valence-electron chi connectivity index (χ1n) is 8.00. The highest BCUT2D eigenvalue weighted by atomic mass is 32.2. The van der Waals surface area contributed by atoms with Crippen LogP contribution in [0, 0.1) is 5.92 Å². The second-order valence-electron chi connectivity index (χ2n) is 6.26. The fourth-order valence-electron chi connectivity index (χ4n) is 3.47. The van der Waals surface area contributed by atoms with Crippen LogP contribution in [-0.4, -0.2) is 46.9 Å². The summed E-state index contributed by atoms with van der Waals surface area (Å²) in [6, 6.07) is 0.369. The molecule has 0 spiro atoms. The van der Waals surface area contributed by atoms with E-state index in [1.165, 1.54) is 31.4 Å². The van der Waals surface area contributed by atoms with Gasteiger partial charge >= 0.3 is 0 Å². The Morgan fingerprint density at radius 3 is 2.90 bits per heavy atom. The molecule has 0 radical (unpaired) electrons. The minimum atomic E-state index is -0.141. The highest BCUT2D eigenvalue weighted by molar-refractivity contribution is 8.13. The van der Waals surface area contributed by atoms with Crippen LogP contribution in [0.2, 0.25) is 0 Å². The minimum absolute atomic E-state index is 0.141. The Morgan fingerprint density at radius 1 is 1.30 bits per heavy atom. The van der Waals surface area contributed by atoms with Crippen molar-refractivity contribution in [3.8, 4) is 0 Å². The van der Waals surface area contributed by atoms with E-state index in [0.717, 1.165) is 37.0 Å².